The van der Waals surface area contributed by atoms with E-state index < -0.39 is 27.5 Å². The summed E-state index contributed by atoms with van der Waals surface area (Å²) in [6, 6.07) is 7.63. The van der Waals surface area contributed by atoms with Gasteiger partial charge in [0.05, 0.1) is 12.3 Å². The molecule has 1 aliphatic heterocycles. The van der Waals surface area contributed by atoms with Crippen molar-refractivity contribution in [3.8, 4) is 6.07 Å². The van der Waals surface area contributed by atoms with Gasteiger partial charge in [0.1, 0.15) is 11.6 Å². The number of likely N-dealkylation sites (tertiary alicyclic amines) is 1. The Balaban J connectivity index is 1.72. The second kappa shape index (κ2) is 11.2. The molecular formula is C24H35N5O4S. The van der Waals surface area contributed by atoms with E-state index >= 15 is 0 Å². The maximum atomic E-state index is 13.3. The first-order valence-corrected chi connectivity index (χ1v) is 13.8. The Labute approximate surface area is 202 Å². The van der Waals surface area contributed by atoms with E-state index in [9.17, 15) is 23.3 Å². The molecule has 1 heterocycles. The highest BCUT2D eigenvalue weighted by Gasteiger charge is 2.38. The zero-order chi connectivity index (χ0) is 24.8. The molecule has 3 N–H and O–H groups in total. The molecule has 9 nitrogen and oxygen atoms in total. The van der Waals surface area contributed by atoms with Crippen molar-refractivity contribution in [2.24, 2.45) is 5.92 Å². The third-order valence-electron chi connectivity index (χ3n) is 6.78. The van der Waals surface area contributed by atoms with Crippen LogP contribution in [-0.2, 0) is 14.8 Å². The average Bonchev–Trinajstić information content (AvgIpc) is 2.80. The van der Waals surface area contributed by atoms with Crippen LogP contribution < -0.4 is 15.4 Å². The molecule has 0 unspecified atom stereocenters. The number of hydrogen-bond acceptors (Lipinski definition) is 6. The predicted molar refractivity (Wildman–Crippen MR) is 131 cm³/mol. The summed E-state index contributed by atoms with van der Waals surface area (Å²) in [5, 5.41) is 15.7. The standard InChI is InChI=1S/C24H35N5O4S/c1-29-14-12-24(17-25,13-15-29)27-23(31)21(16-18-6-4-3-5-7-18)26-22(30)19-8-10-20(11-9-19)28-34(2,32)33/h8-11,18,21,28H,3-7,12-16H2,1-2H3,(H,26,30)(H,27,31)/t21-/m0/s1. The molecule has 0 spiro atoms. The minimum absolute atomic E-state index is 0.319. The van der Waals surface area contributed by atoms with Crippen molar-refractivity contribution in [1.29, 1.82) is 5.26 Å². The Morgan fingerprint density at radius 1 is 1.15 bits per heavy atom. The van der Waals surface area contributed by atoms with E-state index in [1.54, 1.807) is 0 Å². The number of nitriles is 1. The van der Waals surface area contributed by atoms with Crippen molar-refractivity contribution < 1.29 is 18.0 Å². The number of anilines is 1. The quantitative estimate of drug-likeness (QED) is 0.513. The first kappa shape index (κ1) is 26.0. The molecule has 10 heteroatoms. The third-order valence-corrected chi connectivity index (χ3v) is 7.39. The molecule has 1 aliphatic carbocycles. The Bertz CT molecular complexity index is 1000. The van der Waals surface area contributed by atoms with Crippen LogP contribution in [-0.4, -0.2) is 63.1 Å². The normalized spacial score (nSPS) is 20.0. The van der Waals surface area contributed by atoms with Crippen LogP contribution >= 0.6 is 0 Å². The van der Waals surface area contributed by atoms with E-state index in [0.29, 0.717) is 36.4 Å². The number of nitrogens with zero attached hydrogens (tertiary/aromatic N) is 2. The zero-order valence-corrected chi connectivity index (χ0v) is 20.8. The Morgan fingerprint density at radius 3 is 2.32 bits per heavy atom. The highest BCUT2D eigenvalue weighted by atomic mass is 32.2. The van der Waals surface area contributed by atoms with Crippen molar-refractivity contribution >= 4 is 27.5 Å². The lowest BCUT2D eigenvalue weighted by Gasteiger charge is -2.37. The molecule has 1 saturated carbocycles. The highest BCUT2D eigenvalue weighted by molar-refractivity contribution is 7.92. The smallest absolute Gasteiger partial charge is 0.251 e. The van der Waals surface area contributed by atoms with Gasteiger partial charge in [0.15, 0.2) is 0 Å². The van der Waals surface area contributed by atoms with Crippen LogP contribution in [0.1, 0.15) is 61.7 Å². The van der Waals surface area contributed by atoms with Crippen molar-refractivity contribution in [1.82, 2.24) is 15.5 Å². The number of sulfonamides is 1. The van der Waals surface area contributed by atoms with E-state index in [1.807, 2.05) is 7.05 Å². The maximum absolute atomic E-state index is 13.3. The Kier molecular flexibility index (Phi) is 8.55. The number of amides is 2. The minimum atomic E-state index is -3.42. The molecular weight excluding hydrogens is 454 g/mol. The number of rotatable bonds is 8. The van der Waals surface area contributed by atoms with Crippen LogP contribution in [0, 0.1) is 17.2 Å². The van der Waals surface area contributed by atoms with Gasteiger partial charge in [0.25, 0.3) is 5.91 Å². The minimum Gasteiger partial charge on any atom is -0.340 e. The number of piperidine rings is 1. The van der Waals surface area contributed by atoms with Gasteiger partial charge in [0.2, 0.25) is 15.9 Å². The SMILES string of the molecule is CN1CCC(C#N)(NC(=O)[C@H](CC2CCCCC2)NC(=O)c2ccc(NS(C)(=O)=O)cc2)CC1. The first-order chi connectivity index (χ1) is 16.1. The van der Waals surface area contributed by atoms with Crippen LogP contribution in [0.2, 0.25) is 0 Å². The van der Waals surface area contributed by atoms with Gasteiger partial charge < -0.3 is 15.5 Å². The molecule has 2 aliphatic rings. The van der Waals surface area contributed by atoms with Gasteiger partial charge in [0, 0.05) is 24.3 Å². The number of carbonyl (C=O) groups is 2. The van der Waals surface area contributed by atoms with Crippen molar-refractivity contribution in [3.63, 3.8) is 0 Å². The maximum Gasteiger partial charge on any atom is 0.251 e. The number of nitrogens with one attached hydrogen (secondary N) is 3. The molecule has 3 rings (SSSR count). The molecule has 1 aromatic rings. The summed E-state index contributed by atoms with van der Waals surface area (Å²) in [6.45, 7) is 1.45. The lowest BCUT2D eigenvalue weighted by molar-refractivity contribution is -0.125. The summed E-state index contributed by atoms with van der Waals surface area (Å²) in [5.41, 5.74) is -0.235. The fourth-order valence-corrected chi connectivity index (χ4v) is 5.29. The molecule has 1 saturated heterocycles. The first-order valence-electron chi connectivity index (χ1n) is 11.9. The van der Waals surface area contributed by atoms with Crippen molar-refractivity contribution in [2.45, 2.75) is 62.9 Å². The van der Waals surface area contributed by atoms with Gasteiger partial charge in [-0.05, 0) is 56.5 Å². The summed E-state index contributed by atoms with van der Waals surface area (Å²) >= 11 is 0. The summed E-state index contributed by atoms with van der Waals surface area (Å²) in [5.74, 6) is -0.377. The lowest BCUT2D eigenvalue weighted by Crippen LogP contribution is -2.58. The van der Waals surface area contributed by atoms with Gasteiger partial charge in [-0.3, -0.25) is 14.3 Å². The van der Waals surface area contributed by atoms with Crippen molar-refractivity contribution in [3.05, 3.63) is 29.8 Å². The molecule has 186 valence electrons. The molecule has 1 atom stereocenters. The van der Waals surface area contributed by atoms with E-state index in [1.165, 1.54) is 30.7 Å². The lowest BCUT2D eigenvalue weighted by atomic mass is 9.84. The molecule has 1 aromatic carbocycles. The van der Waals surface area contributed by atoms with E-state index in [-0.39, 0.29) is 5.91 Å². The summed E-state index contributed by atoms with van der Waals surface area (Å²) in [4.78, 5) is 28.5. The largest absolute Gasteiger partial charge is 0.340 e. The average molecular weight is 490 g/mol. The van der Waals surface area contributed by atoms with Crippen LogP contribution in [0.5, 0.6) is 0 Å². The third kappa shape index (κ3) is 7.43. The van der Waals surface area contributed by atoms with Crippen LogP contribution in [0.3, 0.4) is 0 Å². The second-order valence-corrected chi connectivity index (χ2v) is 11.5. The predicted octanol–water partition coefficient (Wildman–Crippen LogP) is 2.23. The number of hydrogen-bond donors (Lipinski definition) is 3. The van der Waals surface area contributed by atoms with E-state index in [2.05, 4.69) is 26.3 Å². The monoisotopic (exact) mass is 489 g/mol. The topological polar surface area (TPSA) is 131 Å². The highest BCUT2D eigenvalue weighted by Crippen LogP contribution is 2.28. The summed E-state index contributed by atoms with van der Waals surface area (Å²) in [6.07, 6.45) is 8.17. The molecule has 2 amide bonds. The number of benzene rings is 1. The van der Waals surface area contributed by atoms with Gasteiger partial charge in [-0.15, -0.1) is 0 Å². The zero-order valence-electron chi connectivity index (χ0n) is 20.0. The molecule has 34 heavy (non-hydrogen) atoms. The molecule has 0 aromatic heterocycles. The van der Waals surface area contributed by atoms with E-state index in [4.69, 9.17) is 0 Å². The van der Waals surface area contributed by atoms with Crippen LogP contribution in [0.25, 0.3) is 0 Å². The second-order valence-electron chi connectivity index (χ2n) is 9.70. The number of carbonyl (C=O) groups excluding carboxylic acids is 2. The fraction of sp³-hybridized carbons (Fsp3) is 0.625. The molecule has 0 bridgehead atoms. The summed E-state index contributed by atoms with van der Waals surface area (Å²) in [7, 11) is -1.42. The van der Waals surface area contributed by atoms with Crippen LogP contribution in [0.4, 0.5) is 5.69 Å². The Morgan fingerprint density at radius 2 is 1.76 bits per heavy atom. The molecule has 2 fully saturated rings. The summed E-state index contributed by atoms with van der Waals surface area (Å²) < 4.78 is 25.2. The van der Waals surface area contributed by atoms with Gasteiger partial charge in [-0.1, -0.05) is 32.1 Å². The van der Waals surface area contributed by atoms with Gasteiger partial charge in [-0.2, -0.15) is 5.26 Å². The van der Waals surface area contributed by atoms with E-state index in [0.717, 1.165) is 45.0 Å². The van der Waals surface area contributed by atoms with Gasteiger partial charge in [-0.25, -0.2) is 8.42 Å². The van der Waals surface area contributed by atoms with Gasteiger partial charge >= 0.3 is 0 Å². The Hall–Kier alpha value is -2.64. The van der Waals surface area contributed by atoms with Crippen LogP contribution in [0.15, 0.2) is 24.3 Å². The van der Waals surface area contributed by atoms with Crippen molar-refractivity contribution in [2.75, 3.05) is 31.1 Å². The fourth-order valence-electron chi connectivity index (χ4n) is 4.72. The molecule has 0 radical (unpaired) electrons.